The molecule has 1 fully saturated rings. The van der Waals surface area contributed by atoms with Crippen molar-refractivity contribution >= 4 is 17.5 Å². The number of amides is 1. The van der Waals surface area contributed by atoms with Gasteiger partial charge in [-0.3, -0.25) is 4.79 Å². The van der Waals surface area contributed by atoms with Gasteiger partial charge in [0.25, 0.3) is 0 Å². The number of halogens is 1. The highest BCUT2D eigenvalue weighted by molar-refractivity contribution is 6.17. The van der Waals surface area contributed by atoms with E-state index in [4.69, 9.17) is 11.6 Å². The van der Waals surface area contributed by atoms with E-state index in [9.17, 15) is 4.79 Å². The molecule has 0 aromatic heterocycles. The summed E-state index contributed by atoms with van der Waals surface area (Å²) < 4.78 is 0. The quantitative estimate of drug-likeness (QED) is 0.653. The van der Waals surface area contributed by atoms with Crippen LogP contribution < -0.4 is 5.32 Å². The molecule has 1 aliphatic carbocycles. The van der Waals surface area contributed by atoms with Gasteiger partial charge in [-0.15, -0.1) is 11.6 Å². The fourth-order valence-electron chi connectivity index (χ4n) is 1.65. The van der Waals surface area contributed by atoms with Crippen LogP contribution in [-0.2, 0) is 4.79 Å². The molecule has 14 heavy (non-hydrogen) atoms. The third-order valence-electron chi connectivity index (χ3n) is 2.73. The van der Waals surface area contributed by atoms with Gasteiger partial charge in [-0.2, -0.15) is 0 Å². The second-order valence-electron chi connectivity index (χ2n) is 4.15. The Bertz CT molecular complexity index is 174. The number of carbonyl (C=O) groups is 1. The molecule has 0 radical (unpaired) electrons. The molecule has 0 heterocycles. The molecule has 1 N–H and O–H groups in total. The van der Waals surface area contributed by atoms with E-state index in [-0.39, 0.29) is 5.91 Å². The van der Waals surface area contributed by atoms with Gasteiger partial charge >= 0.3 is 0 Å². The molecule has 0 aliphatic heterocycles. The third-order valence-corrected chi connectivity index (χ3v) is 2.95. The van der Waals surface area contributed by atoms with Crippen molar-refractivity contribution in [3.63, 3.8) is 0 Å². The molecule has 1 rings (SSSR count). The highest BCUT2D eigenvalue weighted by Gasteiger charge is 2.29. The maximum Gasteiger partial charge on any atom is 0.223 e. The van der Waals surface area contributed by atoms with Gasteiger partial charge in [0, 0.05) is 18.3 Å². The fourth-order valence-corrected chi connectivity index (χ4v) is 1.95. The zero-order valence-corrected chi connectivity index (χ0v) is 9.65. The maximum absolute atomic E-state index is 11.4. The standard InChI is InChI=1S/C11H20ClNO/c1-2-3-9(6-7-12)8-13-11(14)10-4-5-10/h9-10H,2-8H2,1H3,(H,13,14). The molecule has 1 unspecified atom stereocenters. The van der Waals surface area contributed by atoms with Crippen LogP contribution in [0.3, 0.4) is 0 Å². The maximum atomic E-state index is 11.4. The highest BCUT2D eigenvalue weighted by Crippen LogP contribution is 2.28. The lowest BCUT2D eigenvalue weighted by molar-refractivity contribution is -0.122. The normalized spacial score (nSPS) is 17.9. The summed E-state index contributed by atoms with van der Waals surface area (Å²) in [6.07, 6.45) is 5.51. The molecule has 1 amide bonds. The van der Waals surface area contributed by atoms with Crippen molar-refractivity contribution in [2.75, 3.05) is 12.4 Å². The van der Waals surface area contributed by atoms with E-state index in [1.807, 2.05) is 0 Å². The van der Waals surface area contributed by atoms with Gasteiger partial charge in [0.15, 0.2) is 0 Å². The Hall–Kier alpha value is -0.240. The Labute approximate surface area is 91.4 Å². The van der Waals surface area contributed by atoms with Crippen molar-refractivity contribution in [3.05, 3.63) is 0 Å². The van der Waals surface area contributed by atoms with Gasteiger partial charge in [-0.25, -0.2) is 0 Å². The van der Waals surface area contributed by atoms with Crippen LogP contribution in [0.2, 0.25) is 0 Å². The SMILES string of the molecule is CCCC(CCCl)CNC(=O)C1CC1. The molecule has 1 atom stereocenters. The molecule has 0 aromatic carbocycles. The predicted octanol–water partition coefficient (Wildman–Crippen LogP) is 2.56. The fraction of sp³-hybridized carbons (Fsp3) is 0.909. The summed E-state index contributed by atoms with van der Waals surface area (Å²) >= 11 is 5.71. The van der Waals surface area contributed by atoms with Crippen LogP contribution in [-0.4, -0.2) is 18.3 Å². The average Bonchev–Trinajstić information content (AvgIpc) is 2.97. The van der Waals surface area contributed by atoms with Crippen LogP contribution in [0.25, 0.3) is 0 Å². The van der Waals surface area contributed by atoms with E-state index >= 15 is 0 Å². The van der Waals surface area contributed by atoms with Gasteiger partial charge < -0.3 is 5.32 Å². The summed E-state index contributed by atoms with van der Waals surface area (Å²) in [5, 5.41) is 3.02. The van der Waals surface area contributed by atoms with Gasteiger partial charge in [0.1, 0.15) is 0 Å². The van der Waals surface area contributed by atoms with E-state index in [1.54, 1.807) is 0 Å². The summed E-state index contributed by atoms with van der Waals surface area (Å²) in [4.78, 5) is 11.4. The third kappa shape index (κ3) is 4.32. The highest BCUT2D eigenvalue weighted by atomic mass is 35.5. The number of nitrogens with one attached hydrogen (secondary N) is 1. The number of hydrogen-bond donors (Lipinski definition) is 1. The first-order chi connectivity index (χ1) is 6.77. The number of rotatable bonds is 7. The van der Waals surface area contributed by atoms with Crippen molar-refractivity contribution in [1.82, 2.24) is 5.32 Å². The molecule has 2 nitrogen and oxygen atoms in total. The van der Waals surface area contributed by atoms with Gasteiger partial charge in [-0.1, -0.05) is 13.3 Å². The van der Waals surface area contributed by atoms with Crippen molar-refractivity contribution < 1.29 is 4.79 Å². The largest absolute Gasteiger partial charge is 0.356 e. The van der Waals surface area contributed by atoms with E-state index in [1.165, 1.54) is 6.42 Å². The van der Waals surface area contributed by atoms with Crippen molar-refractivity contribution in [3.8, 4) is 0 Å². The number of alkyl halides is 1. The van der Waals surface area contributed by atoms with Gasteiger partial charge in [0.2, 0.25) is 5.91 Å². The second-order valence-corrected chi connectivity index (χ2v) is 4.53. The Morgan fingerprint density at radius 1 is 1.50 bits per heavy atom. The Kier molecular flexibility index (Phi) is 5.31. The lowest BCUT2D eigenvalue weighted by Crippen LogP contribution is -2.30. The summed E-state index contributed by atoms with van der Waals surface area (Å²) in [6.45, 7) is 2.99. The van der Waals surface area contributed by atoms with Crippen molar-refractivity contribution in [1.29, 1.82) is 0 Å². The van der Waals surface area contributed by atoms with Crippen LogP contribution >= 0.6 is 11.6 Å². The van der Waals surface area contributed by atoms with Crippen LogP contribution in [0.5, 0.6) is 0 Å². The molecule has 1 aliphatic rings. The lowest BCUT2D eigenvalue weighted by atomic mass is 10.0. The summed E-state index contributed by atoms with van der Waals surface area (Å²) in [5.74, 6) is 1.85. The molecule has 0 bridgehead atoms. The van der Waals surface area contributed by atoms with E-state index in [0.717, 1.165) is 32.2 Å². The average molecular weight is 218 g/mol. The van der Waals surface area contributed by atoms with Crippen LogP contribution in [0.15, 0.2) is 0 Å². The molecule has 82 valence electrons. The molecule has 0 spiro atoms. The predicted molar refractivity (Wildman–Crippen MR) is 59.5 cm³/mol. The van der Waals surface area contributed by atoms with E-state index < -0.39 is 0 Å². The molecule has 0 aromatic rings. The number of hydrogen-bond acceptors (Lipinski definition) is 1. The molecule has 3 heteroatoms. The van der Waals surface area contributed by atoms with E-state index in [2.05, 4.69) is 12.2 Å². The monoisotopic (exact) mass is 217 g/mol. The smallest absolute Gasteiger partial charge is 0.223 e. The summed E-state index contributed by atoms with van der Waals surface area (Å²) in [6, 6.07) is 0. The minimum atomic E-state index is 0.251. The zero-order valence-electron chi connectivity index (χ0n) is 8.89. The zero-order chi connectivity index (χ0) is 10.4. The van der Waals surface area contributed by atoms with Gasteiger partial charge in [0.05, 0.1) is 0 Å². The molecule has 1 saturated carbocycles. The van der Waals surface area contributed by atoms with Gasteiger partial charge in [-0.05, 0) is 31.6 Å². The minimum Gasteiger partial charge on any atom is -0.356 e. The first-order valence-electron chi connectivity index (χ1n) is 5.61. The Morgan fingerprint density at radius 3 is 2.71 bits per heavy atom. The second kappa shape index (κ2) is 6.28. The first-order valence-corrected chi connectivity index (χ1v) is 6.15. The summed E-state index contributed by atoms with van der Waals surface area (Å²) in [7, 11) is 0. The van der Waals surface area contributed by atoms with Crippen molar-refractivity contribution in [2.45, 2.75) is 39.0 Å². The molecular formula is C11H20ClNO. The van der Waals surface area contributed by atoms with Crippen LogP contribution in [0.1, 0.15) is 39.0 Å². The van der Waals surface area contributed by atoms with Crippen LogP contribution in [0, 0.1) is 11.8 Å². The van der Waals surface area contributed by atoms with E-state index in [0.29, 0.717) is 17.7 Å². The van der Waals surface area contributed by atoms with Crippen molar-refractivity contribution in [2.24, 2.45) is 11.8 Å². The van der Waals surface area contributed by atoms with Crippen LogP contribution in [0.4, 0.5) is 0 Å². The first kappa shape index (κ1) is 11.8. The molecule has 0 saturated heterocycles. The number of carbonyl (C=O) groups excluding carboxylic acids is 1. The minimum absolute atomic E-state index is 0.251. The topological polar surface area (TPSA) is 29.1 Å². The Balaban J connectivity index is 2.13. The lowest BCUT2D eigenvalue weighted by Gasteiger charge is -2.15. The summed E-state index contributed by atoms with van der Waals surface area (Å²) in [5.41, 5.74) is 0. The molecular weight excluding hydrogens is 198 g/mol. The Morgan fingerprint density at radius 2 is 2.21 bits per heavy atom.